The Morgan fingerprint density at radius 1 is 1.00 bits per heavy atom. The molecule has 2 atom stereocenters. The van der Waals surface area contributed by atoms with Crippen molar-refractivity contribution in [1.82, 2.24) is 29.9 Å². The summed E-state index contributed by atoms with van der Waals surface area (Å²) in [5.74, 6) is 1.39. The largest absolute Gasteiger partial charge is 0.336 e. The summed E-state index contributed by atoms with van der Waals surface area (Å²) in [5.41, 5.74) is 4.33. The summed E-state index contributed by atoms with van der Waals surface area (Å²) in [6, 6.07) is 8.07. The van der Waals surface area contributed by atoms with Gasteiger partial charge in [-0.3, -0.25) is 4.79 Å². The molecule has 0 unspecified atom stereocenters. The molecule has 5 rings (SSSR count). The minimum absolute atomic E-state index is 0.0256. The molecule has 0 saturated carbocycles. The highest BCUT2D eigenvalue weighted by Crippen LogP contribution is 2.35. The number of aromatic nitrogens is 5. The zero-order valence-corrected chi connectivity index (χ0v) is 17.5. The van der Waals surface area contributed by atoms with Gasteiger partial charge in [-0.25, -0.2) is 9.97 Å². The van der Waals surface area contributed by atoms with Gasteiger partial charge in [0.15, 0.2) is 0 Å². The van der Waals surface area contributed by atoms with Crippen LogP contribution in [0.3, 0.4) is 0 Å². The molecule has 0 N–H and O–H groups in total. The van der Waals surface area contributed by atoms with Crippen LogP contribution >= 0.6 is 0 Å². The van der Waals surface area contributed by atoms with E-state index in [2.05, 4.69) is 25.1 Å². The van der Waals surface area contributed by atoms with Crippen molar-refractivity contribution in [1.29, 1.82) is 0 Å². The Morgan fingerprint density at radius 2 is 1.73 bits per heavy atom. The van der Waals surface area contributed by atoms with Gasteiger partial charge in [0.2, 0.25) is 5.95 Å². The molecule has 2 aliphatic heterocycles. The van der Waals surface area contributed by atoms with Crippen molar-refractivity contribution in [3.05, 3.63) is 59.2 Å². The van der Waals surface area contributed by atoms with Crippen LogP contribution in [0.1, 0.15) is 33.7 Å². The number of nitrogens with zero attached hydrogens (tertiary/aromatic N) is 7. The SMILES string of the molecule is Cc1ccc(-n2nccn2)c(C(=O)N2CC[C@H]3CN(c4nc(C)cc(C)n4)[C@H]3C2)c1. The molecule has 2 aliphatic rings. The number of likely N-dealkylation sites (tertiary alicyclic amines) is 1. The fourth-order valence-corrected chi connectivity index (χ4v) is 4.55. The van der Waals surface area contributed by atoms with Gasteiger partial charge in [0.1, 0.15) is 0 Å². The van der Waals surface area contributed by atoms with E-state index in [1.807, 2.05) is 49.9 Å². The molecule has 8 heteroatoms. The van der Waals surface area contributed by atoms with E-state index in [9.17, 15) is 4.79 Å². The topological polar surface area (TPSA) is 80.0 Å². The molecule has 2 aromatic heterocycles. The second-order valence-corrected chi connectivity index (χ2v) is 8.31. The summed E-state index contributed by atoms with van der Waals surface area (Å²) in [6.07, 6.45) is 4.24. The fourth-order valence-electron chi connectivity index (χ4n) is 4.55. The van der Waals surface area contributed by atoms with E-state index in [1.54, 1.807) is 12.4 Å². The lowest BCUT2D eigenvalue weighted by molar-refractivity contribution is 0.0589. The van der Waals surface area contributed by atoms with E-state index >= 15 is 0 Å². The summed E-state index contributed by atoms with van der Waals surface area (Å²) >= 11 is 0. The number of hydrogen-bond acceptors (Lipinski definition) is 6. The molecule has 0 bridgehead atoms. The van der Waals surface area contributed by atoms with E-state index in [0.29, 0.717) is 23.7 Å². The summed E-state index contributed by atoms with van der Waals surface area (Å²) < 4.78 is 0. The molecule has 8 nitrogen and oxygen atoms in total. The monoisotopic (exact) mass is 403 g/mol. The molecule has 1 amide bonds. The number of rotatable bonds is 3. The number of piperidine rings is 1. The van der Waals surface area contributed by atoms with E-state index in [0.717, 1.165) is 42.4 Å². The third-order valence-electron chi connectivity index (χ3n) is 6.08. The Kier molecular flexibility index (Phi) is 4.49. The van der Waals surface area contributed by atoms with Crippen LogP contribution in [0.5, 0.6) is 0 Å². The van der Waals surface area contributed by atoms with Crippen molar-refractivity contribution < 1.29 is 4.79 Å². The Labute approximate surface area is 175 Å². The normalized spacial score (nSPS) is 20.6. The van der Waals surface area contributed by atoms with Crippen LogP contribution in [0.4, 0.5) is 5.95 Å². The molecule has 0 aliphatic carbocycles. The van der Waals surface area contributed by atoms with Gasteiger partial charge in [-0.05, 0) is 45.4 Å². The predicted molar refractivity (Wildman–Crippen MR) is 113 cm³/mol. The van der Waals surface area contributed by atoms with Gasteiger partial charge in [-0.2, -0.15) is 15.0 Å². The average molecular weight is 403 g/mol. The molecule has 154 valence electrons. The second kappa shape index (κ2) is 7.19. The number of anilines is 1. The zero-order chi connectivity index (χ0) is 20.8. The highest BCUT2D eigenvalue weighted by atomic mass is 16.2. The fraction of sp³-hybridized carbons (Fsp3) is 0.409. The predicted octanol–water partition coefficient (Wildman–Crippen LogP) is 2.33. The first-order valence-corrected chi connectivity index (χ1v) is 10.3. The number of aryl methyl sites for hydroxylation is 3. The minimum atomic E-state index is 0.0256. The first kappa shape index (κ1) is 18.7. The number of fused-ring (bicyclic) bond motifs is 1. The van der Waals surface area contributed by atoms with E-state index in [4.69, 9.17) is 0 Å². The number of benzene rings is 1. The molecule has 0 radical (unpaired) electrons. The molecular weight excluding hydrogens is 378 g/mol. The van der Waals surface area contributed by atoms with Crippen LogP contribution in [0.2, 0.25) is 0 Å². The highest BCUT2D eigenvalue weighted by molar-refractivity contribution is 5.98. The van der Waals surface area contributed by atoms with Gasteiger partial charge in [0.05, 0.1) is 29.7 Å². The first-order valence-electron chi connectivity index (χ1n) is 10.3. The smallest absolute Gasteiger partial charge is 0.256 e. The van der Waals surface area contributed by atoms with Crippen molar-refractivity contribution in [3.8, 4) is 5.69 Å². The summed E-state index contributed by atoms with van der Waals surface area (Å²) in [4.78, 5) is 28.5. The van der Waals surface area contributed by atoms with Crippen LogP contribution in [0, 0.1) is 26.7 Å². The van der Waals surface area contributed by atoms with Crippen LogP contribution in [-0.2, 0) is 0 Å². The quantitative estimate of drug-likeness (QED) is 0.668. The lowest BCUT2D eigenvalue weighted by Gasteiger charge is -2.53. The van der Waals surface area contributed by atoms with Crippen LogP contribution in [0.15, 0.2) is 36.7 Å². The number of carbonyl (C=O) groups is 1. The van der Waals surface area contributed by atoms with Crippen molar-refractivity contribution in [3.63, 3.8) is 0 Å². The molecule has 2 saturated heterocycles. The number of amides is 1. The minimum Gasteiger partial charge on any atom is -0.336 e. The molecule has 0 spiro atoms. The second-order valence-electron chi connectivity index (χ2n) is 8.31. The van der Waals surface area contributed by atoms with E-state index in [1.165, 1.54) is 4.80 Å². The Morgan fingerprint density at radius 3 is 2.47 bits per heavy atom. The highest BCUT2D eigenvalue weighted by Gasteiger charge is 2.45. The lowest BCUT2D eigenvalue weighted by atomic mass is 9.82. The number of hydrogen-bond donors (Lipinski definition) is 0. The molecule has 3 aromatic rings. The van der Waals surface area contributed by atoms with Crippen LogP contribution < -0.4 is 4.90 Å². The Balaban J connectivity index is 1.40. The van der Waals surface area contributed by atoms with Gasteiger partial charge in [0.25, 0.3) is 5.91 Å². The standard InChI is InChI=1S/C22H25N7O/c1-14-4-5-19(29-23-7-8-24-29)18(10-14)21(30)27-9-6-17-12-28(20(17)13-27)22-25-15(2)11-16(3)26-22/h4-5,7-8,10-11,17,20H,6,9,12-13H2,1-3H3/t17-,20-/m0/s1. The third-order valence-corrected chi connectivity index (χ3v) is 6.08. The maximum atomic E-state index is 13.5. The molecule has 30 heavy (non-hydrogen) atoms. The zero-order valence-electron chi connectivity index (χ0n) is 17.5. The van der Waals surface area contributed by atoms with Gasteiger partial charge in [-0.1, -0.05) is 11.6 Å². The molecule has 1 aromatic carbocycles. The van der Waals surface area contributed by atoms with Crippen LogP contribution in [0.25, 0.3) is 5.69 Å². The molecular formula is C22H25N7O. The van der Waals surface area contributed by atoms with Crippen molar-refractivity contribution in [2.24, 2.45) is 5.92 Å². The van der Waals surface area contributed by atoms with E-state index < -0.39 is 0 Å². The maximum Gasteiger partial charge on any atom is 0.256 e. The molecule has 4 heterocycles. The van der Waals surface area contributed by atoms with E-state index in [-0.39, 0.29) is 11.9 Å². The van der Waals surface area contributed by atoms with Crippen molar-refractivity contribution in [2.75, 3.05) is 24.5 Å². The summed E-state index contributed by atoms with van der Waals surface area (Å²) in [5, 5.41) is 8.44. The Bertz CT molecular complexity index is 1070. The average Bonchev–Trinajstić information content (AvgIpc) is 3.22. The van der Waals surface area contributed by atoms with Crippen LogP contribution in [-0.4, -0.2) is 61.4 Å². The summed E-state index contributed by atoms with van der Waals surface area (Å²) in [6.45, 7) is 8.39. The van der Waals surface area contributed by atoms with Crippen molar-refractivity contribution in [2.45, 2.75) is 33.2 Å². The van der Waals surface area contributed by atoms with Gasteiger partial charge >= 0.3 is 0 Å². The van der Waals surface area contributed by atoms with Gasteiger partial charge in [-0.15, -0.1) is 0 Å². The maximum absolute atomic E-state index is 13.5. The first-order chi connectivity index (χ1) is 14.5. The summed E-state index contributed by atoms with van der Waals surface area (Å²) in [7, 11) is 0. The Hall–Kier alpha value is -3.29. The number of carbonyl (C=O) groups excluding carboxylic acids is 1. The van der Waals surface area contributed by atoms with Gasteiger partial charge < -0.3 is 9.80 Å². The lowest BCUT2D eigenvalue weighted by Crippen LogP contribution is -2.65. The third kappa shape index (κ3) is 3.22. The van der Waals surface area contributed by atoms with Crippen molar-refractivity contribution >= 4 is 11.9 Å². The molecule has 2 fully saturated rings. The van der Waals surface area contributed by atoms with Gasteiger partial charge in [0, 0.05) is 36.9 Å².